The molecule has 0 bridgehead atoms. The average molecular weight is 311 g/mol. The number of anilines is 2. The summed E-state index contributed by atoms with van der Waals surface area (Å²) in [7, 11) is -0.597. The first kappa shape index (κ1) is 15.8. The zero-order valence-corrected chi connectivity index (χ0v) is 13.4. The maximum Gasteiger partial charge on any atom is 0.301 e. The Bertz CT molecular complexity index is 641. The highest BCUT2D eigenvalue weighted by atomic mass is 32.2. The van der Waals surface area contributed by atoms with Gasteiger partial charge in [-0.05, 0) is 30.2 Å². The zero-order valence-electron chi connectivity index (χ0n) is 12.6. The molecule has 1 amide bonds. The minimum atomic E-state index is -3.53. The SMILES string of the molecule is CCCCN1C(=O)Cc2cc(NS(=O)(=O)N(C)C)ccc21. The summed E-state index contributed by atoms with van der Waals surface area (Å²) in [6.07, 6.45) is 2.32. The van der Waals surface area contributed by atoms with Crippen molar-refractivity contribution in [3.63, 3.8) is 0 Å². The molecular formula is C14H21N3O3S. The third kappa shape index (κ3) is 3.36. The first-order chi connectivity index (χ1) is 9.85. The van der Waals surface area contributed by atoms with Crippen molar-refractivity contribution in [2.24, 2.45) is 0 Å². The maximum absolute atomic E-state index is 12.0. The molecule has 0 fully saturated rings. The van der Waals surface area contributed by atoms with E-state index in [4.69, 9.17) is 0 Å². The van der Waals surface area contributed by atoms with Crippen LogP contribution in [0.15, 0.2) is 18.2 Å². The second kappa shape index (κ2) is 6.03. The number of benzene rings is 1. The lowest BCUT2D eigenvalue weighted by atomic mass is 10.1. The van der Waals surface area contributed by atoms with Gasteiger partial charge in [0.2, 0.25) is 5.91 Å². The number of nitrogens with one attached hydrogen (secondary N) is 1. The molecule has 7 heteroatoms. The van der Waals surface area contributed by atoms with Crippen LogP contribution in [0.5, 0.6) is 0 Å². The molecule has 2 rings (SSSR count). The van der Waals surface area contributed by atoms with Crippen LogP contribution in [0.3, 0.4) is 0 Å². The Kier molecular flexibility index (Phi) is 4.53. The first-order valence-electron chi connectivity index (χ1n) is 6.98. The van der Waals surface area contributed by atoms with Crippen molar-refractivity contribution in [1.29, 1.82) is 0 Å². The average Bonchev–Trinajstić information content (AvgIpc) is 2.70. The lowest BCUT2D eigenvalue weighted by Crippen LogP contribution is -2.29. The predicted octanol–water partition coefficient (Wildman–Crippen LogP) is 1.59. The van der Waals surface area contributed by atoms with Crippen LogP contribution >= 0.6 is 0 Å². The number of fused-ring (bicyclic) bond motifs is 1. The van der Waals surface area contributed by atoms with E-state index in [-0.39, 0.29) is 5.91 Å². The van der Waals surface area contributed by atoms with Gasteiger partial charge in [-0.2, -0.15) is 12.7 Å². The quantitative estimate of drug-likeness (QED) is 0.867. The molecule has 0 unspecified atom stereocenters. The molecule has 0 aliphatic carbocycles. The van der Waals surface area contributed by atoms with E-state index < -0.39 is 10.2 Å². The van der Waals surface area contributed by atoms with Crippen molar-refractivity contribution in [2.45, 2.75) is 26.2 Å². The largest absolute Gasteiger partial charge is 0.312 e. The predicted molar refractivity (Wildman–Crippen MR) is 83.6 cm³/mol. The molecule has 0 saturated heterocycles. The van der Waals surface area contributed by atoms with Crippen LogP contribution in [0.1, 0.15) is 25.3 Å². The standard InChI is InChI=1S/C14H21N3O3S/c1-4-5-8-17-13-7-6-12(9-11(13)10-14(17)18)15-21(19,20)16(2)3/h6-7,9,15H,4-5,8,10H2,1-3H3. The highest BCUT2D eigenvalue weighted by Gasteiger charge is 2.27. The van der Waals surface area contributed by atoms with Crippen LogP contribution in [0, 0.1) is 0 Å². The fourth-order valence-corrected chi connectivity index (χ4v) is 2.86. The minimum Gasteiger partial charge on any atom is -0.312 e. The Morgan fingerprint density at radius 2 is 2.05 bits per heavy atom. The van der Waals surface area contributed by atoms with Crippen molar-refractivity contribution in [1.82, 2.24) is 4.31 Å². The lowest BCUT2D eigenvalue weighted by molar-refractivity contribution is -0.117. The van der Waals surface area contributed by atoms with E-state index in [1.807, 2.05) is 6.07 Å². The van der Waals surface area contributed by atoms with Crippen molar-refractivity contribution in [2.75, 3.05) is 30.3 Å². The third-order valence-electron chi connectivity index (χ3n) is 3.48. The zero-order chi connectivity index (χ0) is 15.6. The molecule has 0 atom stereocenters. The van der Waals surface area contributed by atoms with Crippen LogP contribution in [0.4, 0.5) is 11.4 Å². The number of carbonyl (C=O) groups is 1. The van der Waals surface area contributed by atoms with E-state index in [1.54, 1.807) is 17.0 Å². The molecule has 6 nitrogen and oxygen atoms in total. The molecule has 1 aromatic rings. The molecule has 0 spiro atoms. The Morgan fingerprint density at radius 3 is 2.67 bits per heavy atom. The van der Waals surface area contributed by atoms with Gasteiger partial charge in [0, 0.05) is 26.3 Å². The first-order valence-corrected chi connectivity index (χ1v) is 8.42. The van der Waals surface area contributed by atoms with Gasteiger partial charge in [-0.25, -0.2) is 0 Å². The maximum atomic E-state index is 12.0. The number of amides is 1. The molecule has 1 aromatic carbocycles. The third-order valence-corrected chi connectivity index (χ3v) is 4.93. The van der Waals surface area contributed by atoms with E-state index in [0.717, 1.165) is 28.4 Å². The second-order valence-corrected chi connectivity index (χ2v) is 7.19. The molecular weight excluding hydrogens is 290 g/mol. The van der Waals surface area contributed by atoms with Crippen LogP contribution < -0.4 is 9.62 Å². The van der Waals surface area contributed by atoms with E-state index in [1.165, 1.54) is 14.1 Å². The summed E-state index contributed by atoms with van der Waals surface area (Å²) in [6, 6.07) is 5.24. The Hall–Kier alpha value is -1.60. The molecule has 1 aliphatic heterocycles. The van der Waals surface area contributed by atoms with E-state index >= 15 is 0 Å². The molecule has 0 aromatic heterocycles. The number of hydrogen-bond acceptors (Lipinski definition) is 3. The summed E-state index contributed by atoms with van der Waals surface area (Å²) in [5.41, 5.74) is 2.24. The molecule has 1 N–H and O–H groups in total. The summed E-state index contributed by atoms with van der Waals surface area (Å²) < 4.78 is 27.2. The van der Waals surface area contributed by atoms with Gasteiger partial charge in [-0.3, -0.25) is 9.52 Å². The van der Waals surface area contributed by atoms with Gasteiger partial charge < -0.3 is 4.90 Å². The van der Waals surface area contributed by atoms with Gasteiger partial charge in [0.15, 0.2) is 0 Å². The summed E-state index contributed by atoms with van der Waals surface area (Å²) >= 11 is 0. The second-order valence-electron chi connectivity index (χ2n) is 5.31. The highest BCUT2D eigenvalue weighted by molar-refractivity contribution is 7.90. The summed E-state index contributed by atoms with van der Waals surface area (Å²) in [6.45, 7) is 2.80. The Labute approximate surface area is 125 Å². The fraction of sp³-hybridized carbons (Fsp3) is 0.500. The lowest BCUT2D eigenvalue weighted by Gasteiger charge is -2.18. The Balaban J connectivity index is 2.22. The van der Waals surface area contributed by atoms with Gasteiger partial charge in [0.25, 0.3) is 0 Å². The number of carbonyl (C=O) groups excluding carboxylic acids is 1. The smallest absolute Gasteiger partial charge is 0.301 e. The van der Waals surface area contributed by atoms with Gasteiger partial charge in [0.05, 0.1) is 12.1 Å². The van der Waals surface area contributed by atoms with Crippen molar-refractivity contribution < 1.29 is 13.2 Å². The monoisotopic (exact) mass is 311 g/mol. The molecule has 0 saturated carbocycles. The molecule has 0 radical (unpaired) electrons. The van der Waals surface area contributed by atoms with Crippen molar-refractivity contribution >= 4 is 27.5 Å². The van der Waals surface area contributed by atoms with Gasteiger partial charge in [0.1, 0.15) is 0 Å². The van der Waals surface area contributed by atoms with Crippen molar-refractivity contribution in [3.8, 4) is 0 Å². The Morgan fingerprint density at radius 1 is 1.33 bits per heavy atom. The molecule has 116 valence electrons. The van der Waals surface area contributed by atoms with E-state index in [9.17, 15) is 13.2 Å². The van der Waals surface area contributed by atoms with Gasteiger partial charge in [-0.15, -0.1) is 0 Å². The van der Waals surface area contributed by atoms with E-state index in [2.05, 4.69) is 11.6 Å². The van der Waals surface area contributed by atoms with Crippen LogP contribution in [0.25, 0.3) is 0 Å². The normalized spacial score (nSPS) is 14.7. The number of rotatable bonds is 6. The van der Waals surface area contributed by atoms with Crippen LogP contribution in [0.2, 0.25) is 0 Å². The van der Waals surface area contributed by atoms with Gasteiger partial charge >= 0.3 is 10.2 Å². The van der Waals surface area contributed by atoms with Gasteiger partial charge in [-0.1, -0.05) is 13.3 Å². The van der Waals surface area contributed by atoms with Crippen LogP contribution in [-0.2, 0) is 21.4 Å². The summed E-state index contributed by atoms with van der Waals surface area (Å²) in [4.78, 5) is 13.8. The number of unbranched alkanes of at least 4 members (excludes halogenated alkanes) is 1. The molecule has 1 heterocycles. The summed E-state index contributed by atoms with van der Waals surface area (Å²) in [5, 5.41) is 0. The topological polar surface area (TPSA) is 69.7 Å². The molecule has 1 aliphatic rings. The fourth-order valence-electron chi connectivity index (χ4n) is 2.25. The van der Waals surface area contributed by atoms with Crippen LogP contribution in [-0.4, -0.2) is 39.3 Å². The van der Waals surface area contributed by atoms with Crippen molar-refractivity contribution in [3.05, 3.63) is 23.8 Å². The number of nitrogens with zero attached hydrogens (tertiary/aromatic N) is 2. The minimum absolute atomic E-state index is 0.0751. The summed E-state index contributed by atoms with van der Waals surface area (Å²) in [5.74, 6) is 0.0751. The number of hydrogen-bond donors (Lipinski definition) is 1. The van der Waals surface area contributed by atoms with E-state index in [0.29, 0.717) is 18.7 Å². The molecule has 21 heavy (non-hydrogen) atoms. The highest BCUT2D eigenvalue weighted by Crippen LogP contribution is 2.31.